The topological polar surface area (TPSA) is 35.6 Å². The molecule has 1 amide bonds. The predicted molar refractivity (Wildman–Crippen MR) is 68.9 cm³/mol. The first-order valence-corrected chi connectivity index (χ1v) is 6.91. The maximum atomic E-state index is 12.1. The molecule has 4 heteroatoms. The van der Waals surface area contributed by atoms with Gasteiger partial charge in [-0.15, -0.1) is 0 Å². The van der Waals surface area contributed by atoms with Crippen LogP contribution in [0, 0.1) is 0 Å². The highest BCUT2D eigenvalue weighted by molar-refractivity contribution is 5.76. The van der Waals surface area contributed by atoms with Crippen molar-refractivity contribution in [2.45, 2.75) is 45.2 Å². The van der Waals surface area contributed by atoms with Gasteiger partial charge < -0.3 is 15.1 Å². The molecule has 2 aliphatic rings. The summed E-state index contributed by atoms with van der Waals surface area (Å²) in [5, 5.41) is 3.46. The van der Waals surface area contributed by atoms with Gasteiger partial charge in [0.2, 0.25) is 5.91 Å². The monoisotopic (exact) mass is 239 g/mol. The summed E-state index contributed by atoms with van der Waals surface area (Å²) >= 11 is 0. The van der Waals surface area contributed by atoms with Gasteiger partial charge in [-0.05, 0) is 39.8 Å². The van der Waals surface area contributed by atoms with Crippen LogP contribution in [-0.2, 0) is 4.79 Å². The summed E-state index contributed by atoms with van der Waals surface area (Å²) in [5.74, 6) is 0.331. The summed E-state index contributed by atoms with van der Waals surface area (Å²) in [4.78, 5) is 16.6. The molecule has 0 aromatic rings. The van der Waals surface area contributed by atoms with E-state index in [0.29, 0.717) is 24.4 Å². The van der Waals surface area contributed by atoms with Crippen molar-refractivity contribution in [3.63, 3.8) is 0 Å². The molecule has 0 aromatic carbocycles. The van der Waals surface area contributed by atoms with E-state index in [1.807, 2.05) is 4.90 Å². The van der Waals surface area contributed by atoms with Gasteiger partial charge in [-0.1, -0.05) is 0 Å². The highest BCUT2D eigenvalue weighted by atomic mass is 16.2. The SMILES string of the molecule is CC1CN(C(=O)CCN2CCCC2)CC(C)N1. The number of amides is 1. The van der Waals surface area contributed by atoms with Gasteiger partial charge in [0.25, 0.3) is 0 Å². The fourth-order valence-electron chi connectivity index (χ4n) is 2.95. The third-order valence-electron chi connectivity index (χ3n) is 3.75. The number of hydrogen-bond acceptors (Lipinski definition) is 3. The normalized spacial score (nSPS) is 30.8. The molecule has 1 N–H and O–H groups in total. The average Bonchev–Trinajstić information content (AvgIpc) is 2.77. The van der Waals surface area contributed by atoms with Crippen LogP contribution in [0.2, 0.25) is 0 Å². The predicted octanol–water partition coefficient (Wildman–Crippen LogP) is 0.681. The Balaban J connectivity index is 1.74. The van der Waals surface area contributed by atoms with E-state index in [9.17, 15) is 4.79 Å². The van der Waals surface area contributed by atoms with Crippen molar-refractivity contribution >= 4 is 5.91 Å². The highest BCUT2D eigenvalue weighted by Gasteiger charge is 2.24. The first kappa shape index (κ1) is 12.8. The molecule has 2 heterocycles. The zero-order chi connectivity index (χ0) is 12.3. The third-order valence-corrected chi connectivity index (χ3v) is 3.75. The van der Waals surface area contributed by atoms with E-state index in [1.54, 1.807) is 0 Å². The zero-order valence-corrected chi connectivity index (χ0v) is 11.1. The van der Waals surface area contributed by atoms with E-state index in [-0.39, 0.29) is 0 Å². The van der Waals surface area contributed by atoms with Crippen LogP contribution in [0.3, 0.4) is 0 Å². The van der Waals surface area contributed by atoms with Crippen LogP contribution >= 0.6 is 0 Å². The Bertz CT molecular complexity index is 253. The minimum Gasteiger partial charge on any atom is -0.340 e. The summed E-state index contributed by atoms with van der Waals surface area (Å²) in [7, 11) is 0. The minimum atomic E-state index is 0.331. The van der Waals surface area contributed by atoms with Gasteiger partial charge in [0.05, 0.1) is 0 Å². The summed E-state index contributed by atoms with van der Waals surface area (Å²) in [5.41, 5.74) is 0. The molecular formula is C13H25N3O. The summed E-state index contributed by atoms with van der Waals surface area (Å²) in [6.45, 7) is 9.34. The first-order valence-electron chi connectivity index (χ1n) is 6.91. The molecule has 0 aromatic heterocycles. The van der Waals surface area contributed by atoms with Crippen LogP contribution in [0.1, 0.15) is 33.1 Å². The molecule has 0 saturated carbocycles. The van der Waals surface area contributed by atoms with Gasteiger partial charge in [0.15, 0.2) is 0 Å². The fourth-order valence-corrected chi connectivity index (χ4v) is 2.95. The van der Waals surface area contributed by atoms with Crippen molar-refractivity contribution in [3.8, 4) is 0 Å². The number of rotatable bonds is 3. The summed E-state index contributed by atoms with van der Waals surface area (Å²) in [6, 6.07) is 0.851. The molecular weight excluding hydrogens is 214 g/mol. The largest absolute Gasteiger partial charge is 0.340 e. The quantitative estimate of drug-likeness (QED) is 0.787. The van der Waals surface area contributed by atoms with Gasteiger partial charge in [-0.3, -0.25) is 4.79 Å². The van der Waals surface area contributed by atoms with Gasteiger partial charge in [0, 0.05) is 38.1 Å². The Morgan fingerprint density at radius 2 is 1.76 bits per heavy atom. The molecule has 2 saturated heterocycles. The van der Waals surface area contributed by atoms with Crippen LogP contribution < -0.4 is 5.32 Å². The Morgan fingerprint density at radius 3 is 2.35 bits per heavy atom. The van der Waals surface area contributed by atoms with Crippen molar-refractivity contribution in [1.29, 1.82) is 0 Å². The molecule has 4 nitrogen and oxygen atoms in total. The fraction of sp³-hybridized carbons (Fsp3) is 0.923. The lowest BCUT2D eigenvalue weighted by atomic mass is 10.1. The van der Waals surface area contributed by atoms with Crippen LogP contribution in [0.15, 0.2) is 0 Å². The molecule has 0 bridgehead atoms. The van der Waals surface area contributed by atoms with Crippen LogP contribution in [0.4, 0.5) is 0 Å². The van der Waals surface area contributed by atoms with Crippen molar-refractivity contribution in [2.24, 2.45) is 0 Å². The number of carbonyl (C=O) groups excluding carboxylic acids is 1. The Labute approximate surface area is 104 Å². The zero-order valence-electron chi connectivity index (χ0n) is 11.1. The second-order valence-electron chi connectivity index (χ2n) is 5.57. The highest BCUT2D eigenvalue weighted by Crippen LogP contribution is 2.10. The van der Waals surface area contributed by atoms with Crippen LogP contribution in [0.5, 0.6) is 0 Å². The van der Waals surface area contributed by atoms with E-state index >= 15 is 0 Å². The lowest BCUT2D eigenvalue weighted by molar-refractivity contribution is -0.133. The van der Waals surface area contributed by atoms with Crippen molar-refractivity contribution in [3.05, 3.63) is 0 Å². The molecule has 17 heavy (non-hydrogen) atoms. The first-order chi connectivity index (χ1) is 8.15. The van der Waals surface area contributed by atoms with Gasteiger partial charge in [-0.2, -0.15) is 0 Å². The number of carbonyl (C=O) groups is 1. The molecule has 2 rings (SSSR count). The Kier molecular flexibility index (Phi) is 4.40. The number of nitrogens with zero attached hydrogens (tertiary/aromatic N) is 2. The number of piperazine rings is 1. The van der Waals surface area contributed by atoms with E-state index in [1.165, 1.54) is 25.9 Å². The Morgan fingerprint density at radius 1 is 1.18 bits per heavy atom. The van der Waals surface area contributed by atoms with E-state index in [0.717, 1.165) is 19.6 Å². The molecule has 2 unspecified atom stereocenters. The lowest BCUT2D eigenvalue weighted by Crippen LogP contribution is -2.56. The third kappa shape index (κ3) is 3.68. The molecule has 2 atom stereocenters. The number of hydrogen-bond donors (Lipinski definition) is 1. The smallest absolute Gasteiger partial charge is 0.223 e. The minimum absolute atomic E-state index is 0.331. The van der Waals surface area contributed by atoms with E-state index in [2.05, 4.69) is 24.1 Å². The van der Waals surface area contributed by atoms with Crippen LogP contribution in [0.25, 0.3) is 0 Å². The summed E-state index contributed by atoms with van der Waals surface area (Å²) in [6.07, 6.45) is 3.30. The maximum Gasteiger partial charge on any atom is 0.223 e. The molecule has 2 aliphatic heterocycles. The van der Waals surface area contributed by atoms with Crippen molar-refractivity contribution < 1.29 is 4.79 Å². The second kappa shape index (κ2) is 5.83. The molecule has 0 spiro atoms. The maximum absolute atomic E-state index is 12.1. The second-order valence-corrected chi connectivity index (χ2v) is 5.57. The number of likely N-dealkylation sites (tertiary alicyclic amines) is 1. The van der Waals surface area contributed by atoms with Gasteiger partial charge in [0.1, 0.15) is 0 Å². The van der Waals surface area contributed by atoms with Crippen LogP contribution in [-0.4, -0.2) is 60.5 Å². The molecule has 0 aliphatic carbocycles. The van der Waals surface area contributed by atoms with E-state index in [4.69, 9.17) is 0 Å². The Hall–Kier alpha value is -0.610. The molecule has 0 radical (unpaired) electrons. The van der Waals surface area contributed by atoms with Gasteiger partial charge >= 0.3 is 0 Å². The lowest BCUT2D eigenvalue weighted by Gasteiger charge is -2.36. The number of nitrogens with one attached hydrogen (secondary N) is 1. The molecule has 2 fully saturated rings. The average molecular weight is 239 g/mol. The summed E-state index contributed by atoms with van der Waals surface area (Å²) < 4.78 is 0. The standard InChI is InChI=1S/C13H25N3O/c1-11-9-16(10-12(2)14-11)13(17)5-8-15-6-3-4-7-15/h11-12,14H,3-10H2,1-2H3. The van der Waals surface area contributed by atoms with Crippen molar-refractivity contribution in [1.82, 2.24) is 15.1 Å². The van der Waals surface area contributed by atoms with Gasteiger partial charge in [-0.25, -0.2) is 0 Å². The van der Waals surface area contributed by atoms with E-state index < -0.39 is 0 Å². The van der Waals surface area contributed by atoms with Crippen molar-refractivity contribution in [2.75, 3.05) is 32.7 Å². The molecule has 98 valence electrons.